The van der Waals surface area contributed by atoms with E-state index in [2.05, 4.69) is 15.0 Å². The Hall–Kier alpha value is -2.27. The molecule has 186 valence electrons. The fraction of sp³-hybridized carbons (Fsp3) is 0.455. The monoisotopic (exact) mass is 521 g/mol. The Labute approximate surface area is 204 Å². The maximum atomic E-state index is 14.3. The minimum Gasteiger partial charge on any atom is -0.420 e. The molecule has 7 nitrogen and oxygen atoms in total. The number of benzene rings is 1. The number of aliphatic hydroxyl groups excluding tert-OH is 1. The van der Waals surface area contributed by atoms with Gasteiger partial charge in [0.1, 0.15) is 11.3 Å². The van der Waals surface area contributed by atoms with Crippen molar-refractivity contribution in [1.82, 2.24) is 10.3 Å². The maximum absolute atomic E-state index is 14.3. The number of hydrogen-bond donors (Lipinski definition) is 2. The summed E-state index contributed by atoms with van der Waals surface area (Å²) in [6.07, 6.45) is 2.08. The zero-order chi connectivity index (χ0) is 24.9. The number of pyridine rings is 1. The third kappa shape index (κ3) is 6.24. The van der Waals surface area contributed by atoms with Crippen molar-refractivity contribution in [3.63, 3.8) is 0 Å². The molecule has 3 atom stereocenters. The first-order valence-corrected chi connectivity index (χ1v) is 11.2. The first kappa shape index (κ1) is 26.3. The van der Waals surface area contributed by atoms with Gasteiger partial charge in [0.05, 0.1) is 0 Å². The number of halogens is 5. The lowest BCUT2D eigenvalue weighted by atomic mass is 9.88. The molecule has 0 saturated carbocycles. The lowest BCUT2D eigenvalue weighted by molar-refractivity contribution is -0.128. The molecule has 0 bridgehead atoms. The molecule has 12 heteroatoms. The van der Waals surface area contributed by atoms with E-state index >= 15 is 0 Å². The molecule has 3 rings (SSSR count). The maximum Gasteiger partial charge on any atom is 0.487 e. The number of carbonyl (C=O) groups excluding carboxylic acids is 1. The van der Waals surface area contributed by atoms with Crippen molar-refractivity contribution >= 4 is 34.8 Å². The van der Waals surface area contributed by atoms with Gasteiger partial charge in [-0.1, -0.05) is 17.7 Å². The Morgan fingerprint density at radius 2 is 1.94 bits per heavy atom. The van der Waals surface area contributed by atoms with Crippen molar-refractivity contribution in [3.05, 3.63) is 54.4 Å². The smallest absolute Gasteiger partial charge is 0.420 e. The van der Waals surface area contributed by atoms with Gasteiger partial charge in [-0.3, -0.25) is 9.78 Å². The van der Waals surface area contributed by atoms with E-state index in [0.717, 1.165) is 17.0 Å². The van der Waals surface area contributed by atoms with Crippen molar-refractivity contribution in [2.45, 2.75) is 48.8 Å². The van der Waals surface area contributed by atoms with E-state index in [1.54, 1.807) is 12.1 Å². The highest BCUT2D eigenvalue weighted by molar-refractivity contribution is 6.21. The second kappa shape index (κ2) is 11.0. The number of amides is 1. The summed E-state index contributed by atoms with van der Waals surface area (Å²) in [4.78, 5) is 18.8. The molecule has 34 heavy (non-hydrogen) atoms. The molecule has 1 aromatic heterocycles. The molecule has 0 spiro atoms. The van der Waals surface area contributed by atoms with E-state index in [0.29, 0.717) is 31.6 Å². The van der Waals surface area contributed by atoms with Crippen LogP contribution in [-0.2, 0) is 15.1 Å². The van der Waals surface area contributed by atoms with Crippen molar-refractivity contribution < 1.29 is 32.5 Å². The lowest BCUT2D eigenvalue weighted by Crippen LogP contribution is -2.61. The van der Waals surface area contributed by atoms with Gasteiger partial charge < -0.3 is 24.8 Å². The van der Waals surface area contributed by atoms with Crippen LogP contribution in [-0.4, -0.2) is 52.7 Å². The van der Waals surface area contributed by atoms with Gasteiger partial charge in [0.25, 0.3) is 5.91 Å². The molecular weight excluding hydrogens is 498 g/mol. The molecule has 2 aromatic rings. The minimum atomic E-state index is -3.94. The van der Waals surface area contributed by atoms with Crippen LogP contribution >= 0.6 is 23.2 Å². The lowest BCUT2D eigenvalue weighted by Gasteiger charge is -2.45. The Morgan fingerprint density at radius 3 is 2.47 bits per heavy atom. The number of aromatic nitrogens is 1. The Morgan fingerprint density at radius 1 is 1.29 bits per heavy atom. The largest absolute Gasteiger partial charge is 0.487 e. The van der Waals surface area contributed by atoms with Crippen molar-refractivity contribution in [2.75, 3.05) is 18.1 Å². The highest BCUT2D eigenvalue weighted by Crippen LogP contribution is 2.38. The number of alkyl halides is 5. The van der Waals surface area contributed by atoms with Gasteiger partial charge in [0.2, 0.25) is 5.63 Å². The molecule has 1 unspecified atom stereocenters. The molecular formula is C22H24Cl2F3N3O4. The number of nitrogens with zero attached hydrogens (tertiary/aromatic N) is 2. The number of carbonyl (C=O) groups is 1. The number of rotatable bonds is 9. The van der Waals surface area contributed by atoms with Crippen LogP contribution in [0, 0.1) is 0 Å². The molecule has 0 aliphatic carbocycles. The summed E-state index contributed by atoms with van der Waals surface area (Å²) < 4.78 is 49.9. The fourth-order valence-corrected chi connectivity index (χ4v) is 4.00. The van der Waals surface area contributed by atoms with Crippen molar-refractivity contribution in [2.24, 2.45) is 0 Å². The first-order valence-electron chi connectivity index (χ1n) is 10.4. The Balaban J connectivity index is 2.06. The zero-order valence-electron chi connectivity index (χ0n) is 18.1. The van der Waals surface area contributed by atoms with E-state index in [9.17, 15) is 23.1 Å². The first-order chi connectivity index (χ1) is 16.0. The van der Waals surface area contributed by atoms with Crippen LogP contribution in [0.4, 0.5) is 18.9 Å². The summed E-state index contributed by atoms with van der Waals surface area (Å²) in [5, 5.41) is 13.7. The summed E-state index contributed by atoms with van der Waals surface area (Å²) >= 11 is 10.4. The molecule has 1 fully saturated rings. The van der Waals surface area contributed by atoms with Gasteiger partial charge in [-0.05, 0) is 50.1 Å². The second-order valence-corrected chi connectivity index (χ2v) is 8.69. The van der Waals surface area contributed by atoms with Gasteiger partial charge in [0, 0.05) is 54.5 Å². The average Bonchev–Trinajstić information content (AvgIpc) is 2.80. The second-order valence-electron chi connectivity index (χ2n) is 7.83. The third-order valence-corrected chi connectivity index (χ3v) is 5.85. The fourth-order valence-electron chi connectivity index (χ4n) is 3.79. The molecule has 1 aliphatic rings. The summed E-state index contributed by atoms with van der Waals surface area (Å²) in [6, 6.07) is 7.83. The van der Waals surface area contributed by atoms with Crippen molar-refractivity contribution in [1.29, 1.82) is 0 Å². The number of anilines is 1. The standard InChI is InChI=1S/C22H24Cl2F3N3O4/c1-21(14-3-2-10-28-13-14,20(32)29-15-8-11-33-12-9-15)30(19(31)18(23)25)16-4-6-17(7-5-16)34-22(24,26)27/h2-7,10,13,15,18-19,31H,8-9,11-12H2,1H3,(H,29,32)/t18-,19?,21+/m0/s1. The van der Waals surface area contributed by atoms with Crippen LogP contribution in [0.3, 0.4) is 0 Å². The molecule has 2 heterocycles. The predicted octanol–water partition coefficient (Wildman–Crippen LogP) is 4.12. The molecule has 1 saturated heterocycles. The molecule has 2 N–H and O–H groups in total. The summed E-state index contributed by atoms with van der Waals surface area (Å²) in [6.45, 7) is 2.43. The molecule has 1 amide bonds. The average molecular weight is 522 g/mol. The van der Waals surface area contributed by atoms with Gasteiger partial charge in [0.15, 0.2) is 6.23 Å². The molecule has 1 aromatic carbocycles. The van der Waals surface area contributed by atoms with E-state index in [4.69, 9.17) is 27.9 Å². The third-order valence-electron chi connectivity index (χ3n) is 5.54. The number of hydrogen-bond acceptors (Lipinski definition) is 6. The highest BCUT2D eigenvalue weighted by Gasteiger charge is 2.47. The van der Waals surface area contributed by atoms with Gasteiger partial charge >= 0.3 is 5.57 Å². The normalized spacial score (nSPS) is 18.4. The minimum absolute atomic E-state index is 0.106. The summed E-state index contributed by atoms with van der Waals surface area (Å²) in [5.74, 6) is -0.827. The number of aliphatic hydroxyl groups is 1. The van der Waals surface area contributed by atoms with Crippen molar-refractivity contribution in [3.8, 4) is 5.75 Å². The van der Waals surface area contributed by atoms with Gasteiger partial charge in [-0.25, -0.2) is 4.39 Å². The zero-order valence-corrected chi connectivity index (χ0v) is 19.6. The number of nitrogens with one attached hydrogen (secondary N) is 1. The van der Waals surface area contributed by atoms with Gasteiger partial charge in [-0.2, -0.15) is 0 Å². The van der Waals surface area contributed by atoms with Crippen LogP contribution in [0.5, 0.6) is 5.75 Å². The SMILES string of the molecule is C[C@](C(=O)NC1CCOCC1)(c1cccnc1)N(c1ccc(OC(F)(F)Cl)cc1)C(O)[C@H](F)Cl. The summed E-state index contributed by atoms with van der Waals surface area (Å²) in [5.41, 5.74) is -7.49. The van der Waals surface area contributed by atoms with Crippen LogP contribution in [0.25, 0.3) is 0 Å². The van der Waals surface area contributed by atoms with E-state index in [1.165, 1.54) is 31.5 Å². The summed E-state index contributed by atoms with van der Waals surface area (Å²) in [7, 11) is 0. The molecule has 1 aliphatic heterocycles. The highest BCUT2D eigenvalue weighted by atomic mass is 35.5. The van der Waals surface area contributed by atoms with E-state index in [1.807, 2.05) is 0 Å². The van der Waals surface area contributed by atoms with Gasteiger partial charge in [-0.15, -0.1) is 8.78 Å². The van der Waals surface area contributed by atoms with Crippen LogP contribution in [0.1, 0.15) is 25.3 Å². The van der Waals surface area contributed by atoms with Crippen LogP contribution in [0.2, 0.25) is 0 Å². The molecule has 0 radical (unpaired) electrons. The van der Waals surface area contributed by atoms with Crippen LogP contribution < -0.4 is 15.0 Å². The quantitative estimate of drug-likeness (QED) is 0.381. The Bertz CT molecular complexity index is 945. The Kier molecular flexibility index (Phi) is 8.51. The topological polar surface area (TPSA) is 83.9 Å². The van der Waals surface area contributed by atoms with E-state index in [-0.39, 0.29) is 17.5 Å². The number of ether oxygens (including phenoxy) is 2. The van der Waals surface area contributed by atoms with Crippen LogP contribution in [0.15, 0.2) is 48.8 Å². The predicted molar refractivity (Wildman–Crippen MR) is 121 cm³/mol. The van der Waals surface area contributed by atoms with E-state index < -0.39 is 28.9 Å².